The maximum Gasteiger partial charge on any atom is 0.345 e. The third-order valence-electron chi connectivity index (χ3n) is 2.77. The maximum atomic E-state index is 10.9. The highest BCUT2D eigenvalue weighted by Gasteiger charge is 2.10. The Hall–Kier alpha value is -2.01. The number of hydrogen-bond donors (Lipinski definition) is 2. The van der Waals surface area contributed by atoms with E-state index in [-0.39, 0.29) is 0 Å². The van der Waals surface area contributed by atoms with Crippen LogP contribution in [0.4, 0.5) is 5.69 Å². The molecule has 5 heteroatoms. The van der Waals surface area contributed by atoms with E-state index in [2.05, 4.69) is 5.32 Å². The molecular weight excluding hydrogens is 262 g/mol. The lowest BCUT2D eigenvalue weighted by Gasteiger charge is -2.06. The van der Waals surface area contributed by atoms with Crippen LogP contribution in [0.15, 0.2) is 30.3 Å². The molecule has 1 heterocycles. The van der Waals surface area contributed by atoms with Crippen LogP contribution in [0.5, 0.6) is 5.75 Å². The molecule has 0 aliphatic heterocycles. The largest absolute Gasteiger partial charge is 0.497 e. The summed E-state index contributed by atoms with van der Waals surface area (Å²) in [6, 6.07) is 9.33. The molecule has 0 radical (unpaired) electrons. The van der Waals surface area contributed by atoms with Gasteiger partial charge in [-0.05, 0) is 42.8 Å². The summed E-state index contributed by atoms with van der Waals surface area (Å²) in [6.07, 6.45) is 0. The van der Waals surface area contributed by atoms with Crippen LogP contribution in [0.25, 0.3) is 0 Å². The van der Waals surface area contributed by atoms with E-state index in [0.29, 0.717) is 11.4 Å². The van der Waals surface area contributed by atoms with E-state index in [1.807, 2.05) is 31.2 Å². The first-order chi connectivity index (χ1) is 9.10. The van der Waals surface area contributed by atoms with Crippen molar-refractivity contribution >= 4 is 23.0 Å². The number of benzene rings is 1. The Morgan fingerprint density at radius 1 is 1.37 bits per heavy atom. The SMILES string of the molecule is COc1ccc(NCc2sc(C(=O)O)cc2C)cc1. The molecule has 0 spiro atoms. The predicted octanol–water partition coefficient (Wildman–Crippen LogP) is 3.38. The molecule has 0 unspecified atom stereocenters. The molecule has 19 heavy (non-hydrogen) atoms. The second-order valence-electron chi connectivity index (χ2n) is 4.10. The molecule has 0 saturated carbocycles. The molecule has 0 aliphatic carbocycles. The topological polar surface area (TPSA) is 58.6 Å². The average Bonchev–Trinajstić information content (AvgIpc) is 2.79. The number of carboxylic acids is 1. The number of anilines is 1. The van der Waals surface area contributed by atoms with Gasteiger partial charge in [0.05, 0.1) is 7.11 Å². The van der Waals surface area contributed by atoms with Gasteiger partial charge in [0, 0.05) is 17.1 Å². The molecule has 0 atom stereocenters. The minimum atomic E-state index is -0.871. The Morgan fingerprint density at radius 2 is 2.05 bits per heavy atom. The Bertz CT molecular complexity index is 575. The van der Waals surface area contributed by atoms with Crippen molar-refractivity contribution in [3.8, 4) is 5.75 Å². The lowest BCUT2D eigenvalue weighted by atomic mass is 10.2. The molecule has 2 aromatic rings. The number of carboxylic acid groups (broad SMARTS) is 1. The highest BCUT2D eigenvalue weighted by molar-refractivity contribution is 7.14. The van der Waals surface area contributed by atoms with Gasteiger partial charge in [0.15, 0.2) is 0 Å². The summed E-state index contributed by atoms with van der Waals surface area (Å²) in [5.41, 5.74) is 1.98. The Morgan fingerprint density at radius 3 is 2.58 bits per heavy atom. The van der Waals surface area contributed by atoms with Crippen LogP contribution in [-0.4, -0.2) is 18.2 Å². The number of nitrogens with one attached hydrogen (secondary N) is 1. The molecule has 2 rings (SSSR count). The van der Waals surface area contributed by atoms with E-state index < -0.39 is 5.97 Å². The van der Waals surface area contributed by atoms with Gasteiger partial charge >= 0.3 is 5.97 Å². The minimum Gasteiger partial charge on any atom is -0.497 e. The highest BCUT2D eigenvalue weighted by Crippen LogP contribution is 2.23. The lowest BCUT2D eigenvalue weighted by Crippen LogP contribution is -1.98. The number of aryl methyl sites for hydroxylation is 1. The van der Waals surface area contributed by atoms with Crippen LogP contribution in [0.1, 0.15) is 20.1 Å². The third-order valence-corrected chi connectivity index (χ3v) is 4.00. The highest BCUT2D eigenvalue weighted by atomic mass is 32.1. The van der Waals surface area contributed by atoms with Gasteiger partial charge in [-0.15, -0.1) is 11.3 Å². The van der Waals surface area contributed by atoms with Crippen molar-refractivity contribution in [2.75, 3.05) is 12.4 Å². The molecule has 0 saturated heterocycles. The fraction of sp³-hybridized carbons (Fsp3) is 0.214. The number of rotatable bonds is 5. The number of ether oxygens (including phenoxy) is 1. The Labute approximate surface area is 115 Å². The Kier molecular flexibility index (Phi) is 4.06. The molecule has 100 valence electrons. The van der Waals surface area contributed by atoms with Gasteiger partial charge in [-0.3, -0.25) is 0 Å². The van der Waals surface area contributed by atoms with Crippen molar-refractivity contribution in [2.45, 2.75) is 13.5 Å². The van der Waals surface area contributed by atoms with Gasteiger partial charge in [0.2, 0.25) is 0 Å². The van der Waals surface area contributed by atoms with Gasteiger partial charge in [0.25, 0.3) is 0 Å². The molecular formula is C14H15NO3S. The zero-order chi connectivity index (χ0) is 13.8. The van der Waals surface area contributed by atoms with Crippen LogP contribution in [-0.2, 0) is 6.54 Å². The van der Waals surface area contributed by atoms with Crippen LogP contribution >= 0.6 is 11.3 Å². The zero-order valence-electron chi connectivity index (χ0n) is 10.8. The quantitative estimate of drug-likeness (QED) is 0.879. The van der Waals surface area contributed by atoms with Crippen molar-refractivity contribution in [2.24, 2.45) is 0 Å². The molecule has 0 aliphatic rings. The minimum absolute atomic E-state index is 0.379. The first-order valence-corrected chi connectivity index (χ1v) is 6.62. The summed E-state index contributed by atoms with van der Waals surface area (Å²) in [7, 11) is 1.63. The van der Waals surface area contributed by atoms with Crippen molar-refractivity contribution in [3.63, 3.8) is 0 Å². The van der Waals surface area contributed by atoms with E-state index in [0.717, 1.165) is 21.9 Å². The second kappa shape index (κ2) is 5.75. The number of hydrogen-bond acceptors (Lipinski definition) is 4. The standard InChI is InChI=1S/C14H15NO3S/c1-9-7-12(14(16)17)19-13(9)8-15-10-3-5-11(18-2)6-4-10/h3-7,15H,8H2,1-2H3,(H,16,17). The summed E-state index contributed by atoms with van der Waals surface area (Å²) in [6.45, 7) is 2.55. The van der Waals surface area contributed by atoms with Crippen molar-refractivity contribution < 1.29 is 14.6 Å². The van der Waals surface area contributed by atoms with Gasteiger partial charge in [0.1, 0.15) is 10.6 Å². The van der Waals surface area contributed by atoms with E-state index >= 15 is 0 Å². The molecule has 4 nitrogen and oxygen atoms in total. The van der Waals surface area contributed by atoms with E-state index in [4.69, 9.17) is 9.84 Å². The molecule has 1 aromatic heterocycles. The smallest absolute Gasteiger partial charge is 0.345 e. The van der Waals surface area contributed by atoms with Crippen LogP contribution < -0.4 is 10.1 Å². The zero-order valence-corrected chi connectivity index (χ0v) is 11.6. The molecule has 2 N–H and O–H groups in total. The van der Waals surface area contributed by atoms with Gasteiger partial charge in [-0.25, -0.2) is 4.79 Å². The summed E-state index contributed by atoms with van der Waals surface area (Å²) in [5.74, 6) is -0.0604. The maximum absolute atomic E-state index is 10.9. The first-order valence-electron chi connectivity index (χ1n) is 5.80. The fourth-order valence-corrected chi connectivity index (χ4v) is 2.64. The number of carbonyl (C=O) groups is 1. The van der Waals surface area contributed by atoms with E-state index in [9.17, 15) is 4.79 Å². The number of thiophene rings is 1. The first kappa shape index (κ1) is 13.4. The van der Waals surface area contributed by atoms with Crippen molar-refractivity contribution in [3.05, 3.63) is 45.6 Å². The normalized spacial score (nSPS) is 10.2. The number of aromatic carboxylic acids is 1. The van der Waals surface area contributed by atoms with Gasteiger partial charge in [-0.1, -0.05) is 0 Å². The van der Waals surface area contributed by atoms with Gasteiger partial charge < -0.3 is 15.2 Å². The van der Waals surface area contributed by atoms with Crippen LogP contribution in [0.3, 0.4) is 0 Å². The third kappa shape index (κ3) is 3.26. The monoisotopic (exact) mass is 277 g/mol. The van der Waals surface area contributed by atoms with Gasteiger partial charge in [-0.2, -0.15) is 0 Å². The molecule has 1 aromatic carbocycles. The lowest BCUT2D eigenvalue weighted by molar-refractivity contribution is 0.0702. The van der Waals surface area contributed by atoms with Crippen LogP contribution in [0, 0.1) is 6.92 Å². The summed E-state index contributed by atoms with van der Waals surface area (Å²) in [4.78, 5) is 12.3. The second-order valence-corrected chi connectivity index (χ2v) is 5.24. The van der Waals surface area contributed by atoms with E-state index in [1.54, 1.807) is 13.2 Å². The summed E-state index contributed by atoms with van der Waals surface area (Å²) >= 11 is 1.31. The van der Waals surface area contributed by atoms with E-state index in [1.165, 1.54) is 11.3 Å². The van der Waals surface area contributed by atoms with Crippen LogP contribution in [0.2, 0.25) is 0 Å². The summed E-state index contributed by atoms with van der Waals surface area (Å²) < 4.78 is 5.09. The van der Waals surface area contributed by atoms with Crippen molar-refractivity contribution in [1.82, 2.24) is 0 Å². The number of methoxy groups -OCH3 is 1. The molecule has 0 bridgehead atoms. The Balaban J connectivity index is 2.03. The fourth-order valence-electron chi connectivity index (χ4n) is 1.69. The summed E-state index contributed by atoms with van der Waals surface area (Å²) in [5, 5.41) is 12.2. The average molecular weight is 277 g/mol. The molecule has 0 amide bonds. The van der Waals surface area contributed by atoms with Crippen molar-refractivity contribution in [1.29, 1.82) is 0 Å². The predicted molar refractivity (Wildman–Crippen MR) is 76.3 cm³/mol. The molecule has 0 fully saturated rings.